The number of carbonyl (C=O) groups excluding carboxylic acids is 1. The van der Waals surface area contributed by atoms with E-state index in [0.29, 0.717) is 18.7 Å². The SMILES string of the molecule is CCOS(=O)(=O)c1ccc(C(=O)NCCN)cc1. The molecule has 0 spiro atoms. The summed E-state index contributed by atoms with van der Waals surface area (Å²) in [5.41, 5.74) is 5.63. The highest BCUT2D eigenvalue weighted by Gasteiger charge is 2.14. The second kappa shape index (κ2) is 6.48. The van der Waals surface area contributed by atoms with Gasteiger partial charge in [0.05, 0.1) is 11.5 Å². The Morgan fingerprint density at radius 3 is 2.44 bits per heavy atom. The first kappa shape index (κ1) is 14.6. The van der Waals surface area contributed by atoms with E-state index in [1.165, 1.54) is 24.3 Å². The normalized spacial score (nSPS) is 11.2. The van der Waals surface area contributed by atoms with Crippen LogP contribution in [0.5, 0.6) is 0 Å². The van der Waals surface area contributed by atoms with E-state index in [2.05, 4.69) is 9.50 Å². The fraction of sp³-hybridized carbons (Fsp3) is 0.364. The zero-order valence-corrected chi connectivity index (χ0v) is 10.9. The lowest BCUT2D eigenvalue weighted by Crippen LogP contribution is -2.28. The average molecular weight is 272 g/mol. The van der Waals surface area contributed by atoms with E-state index in [-0.39, 0.29) is 17.4 Å². The zero-order valence-electron chi connectivity index (χ0n) is 10.0. The molecule has 1 rings (SSSR count). The number of nitrogens with two attached hydrogens (primary N) is 1. The Morgan fingerprint density at radius 2 is 1.94 bits per heavy atom. The summed E-state index contributed by atoms with van der Waals surface area (Å²) in [5, 5.41) is 2.59. The minimum atomic E-state index is -3.72. The molecular weight excluding hydrogens is 256 g/mol. The van der Waals surface area contributed by atoms with Crippen molar-refractivity contribution in [3.05, 3.63) is 29.8 Å². The highest BCUT2D eigenvalue weighted by atomic mass is 32.2. The summed E-state index contributed by atoms with van der Waals surface area (Å²) in [6.45, 7) is 2.38. The van der Waals surface area contributed by atoms with E-state index < -0.39 is 10.1 Å². The van der Waals surface area contributed by atoms with Gasteiger partial charge in [-0.1, -0.05) is 0 Å². The Balaban J connectivity index is 2.83. The minimum absolute atomic E-state index is 0.0275. The molecule has 1 aromatic carbocycles. The van der Waals surface area contributed by atoms with Gasteiger partial charge >= 0.3 is 0 Å². The molecule has 0 saturated heterocycles. The Morgan fingerprint density at radius 1 is 1.33 bits per heavy atom. The standard InChI is InChI=1S/C11H16N2O4S/c1-2-17-18(15,16)10-5-3-9(4-6-10)11(14)13-8-7-12/h3-6H,2,7-8,12H2,1H3,(H,13,14). The van der Waals surface area contributed by atoms with Gasteiger partial charge in [0, 0.05) is 18.7 Å². The van der Waals surface area contributed by atoms with Crippen molar-refractivity contribution >= 4 is 16.0 Å². The Labute approximate surface area is 106 Å². The van der Waals surface area contributed by atoms with Crippen molar-refractivity contribution in [2.75, 3.05) is 19.7 Å². The molecule has 0 aliphatic heterocycles. The van der Waals surface area contributed by atoms with E-state index in [4.69, 9.17) is 5.73 Å². The van der Waals surface area contributed by atoms with Crippen LogP contribution in [0.25, 0.3) is 0 Å². The van der Waals surface area contributed by atoms with Crippen LogP contribution in [0.3, 0.4) is 0 Å². The molecule has 0 aromatic heterocycles. The van der Waals surface area contributed by atoms with Crippen LogP contribution in [0.4, 0.5) is 0 Å². The van der Waals surface area contributed by atoms with Crippen LogP contribution in [-0.4, -0.2) is 34.0 Å². The van der Waals surface area contributed by atoms with Gasteiger partial charge in [0.25, 0.3) is 16.0 Å². The number of hydrogen-bond acceptors (Lipinski definition) is 5. The van der Waals surface area contributed by atoms with Crippen LogP contribution in [-0.2, 0) is 14.3 Å². The summed E-state index contributed by atoms with van der Waals surface area (Å²) in [5.74, 6) is -0.291. The van der Waals surface area contributed by atoms with Crippen molar-refractivity contribution in [1.29, 1.82) is 0 Å². The Hall–Kier alpha value is -1.44. The maximum Gasteiger partial charge on any atom is 0.296 e. The molecule has 7 heteroatoms. The fourth-order valence-electron chi connectivity index (χ4n) is 1.28. The van der Waals surface area contributed by atoms with Gasteiger partial charge in [-0.2, -0.15) is 8.42 Å². The van der Waals surface area contributed by atoms with Crippen LogP contribution < -0.4 is 11.1 Å². The summed E-state index contributed by atoms with van der Waals surface area (Å²) in [6.07, 6.45) is 0. The third kappa shape index (κ3) is 3.80. The van der Waals surface area contributed by atoms with Crippen molar-refractivity contribution in [2.45, 2.75) is 11.8 Å². The van der Waals surface area contributed by atoms with Gasteiger partial charge in [-0.15, -0.1) is 0 Å². The van der Waals surface area contributed by atoms with Crippen LogP contribution in [0.15, 0.2) is 29.2 Å². The minimum Gasteiger partial charge on any atom is -0.351 e. The van der Waals surface area contributed by atoms with Crippen molar-refractivity contribution in [3.63, 3.8) is 0 Å². The molecule has 6 nitrogen and oxygen atoms in total. The Bertz CT molecular complexity index is 496. The smallest absolute Gasteiger partial charge is 0.296 e. The molecule has 0 aliphatic carbocycles. The monoisotopic (exact) mass is 272 g/mol. The molecule has 0 atom stereocenters. The van der Waals surface area contributed by atoms with Crippen LogP contribution >= 0.6 is 0 Å². The summed E-state index contributed by atoms with van der Waals surface area (Å²) in [4.78, 5) is 11.6. The number of benzene rings is 1. The van der Waals surface area contributed by atoms with Gasteiger partial charge < -0.3 is 11.1 Å². The topological polar surface area (TPSA) is 98.5 Å². The van der Waals surface area contributed by atoms with E-state index >= 15 is 0 Å². The van der Waals surface area contributed by atoms with Crippen molar-refractivity contribution in [1.82, 2.24) is 5.32 Å². The van der Waals surface area contributed by atoms with E-state index in [0.717, 1.165) is 0 Å². The van der Waals surface area contributed by atoms with Crippen LogP contribution in [0, 0.1) is 0 Å². The molecule has 1 amide bonds. The lowest BCUT2D eigenvalue weighted by Gasteiger charge is -2.05. The Kier molecular flexibility index (Phi) is 5.26. The molecule has 0 aliphatic rings. The molecular formula is C11H16N2O4S. The number of hydrogen-bond donors (Lipinski definition) is 2. The van der Waals surface area contributed by atoms with Crippen molar-refractivity contribution < 1.29 is 17.4 Å². The van der Waals surface area contributed by atoms with Gasteiger partial charge in [0.1, 0.15) is 0 Å². The van der Waals surface area contributed by atoms with Gasteiger partial charge in [0.15, 0.2) is 0 Å². The fourth-order valence-corrected chi connectivity index (χ4v) is 2.20. The third-order valence-electron chi connectivity index (χ3n) is 2.11. The number of nitrogens with one attached hydrogen (secondary N) is 1. The second-order valence-electron chi connectivity index (χ2n) is 3.43. The van der Waals surface area contributed by atoms with Gasteiger partial charge in [-0.25, -0.2) is 0 Å². The molecule has 0 saturated carbocycles. The van der Waals surface area contributed by atoms with Crippen LogP contribution in [0.2, 0.25) is 0 Å². The zero-order chi connectivity index (χ0) is 13.6. The molecule has 18 heavy (non-hydrogen) atoms. The summed E-state index contributed by atoms with van der Waals surface area (Å²) in [6, 6.07) is 5.53. The predicted molar refractivity (Wildman–Crippen MR) is 66.6 cm³/mol. The molecule has 0 fully saturated rings. The van der Waals surface area contributed by atoms with Crippen molar-refractivity contribution in [3.8, 4) is 0 Å². The summed E-state index contributed by atoms with van der Waals surface area (Å²) >= 11 is 0. The highest BCUT2D eigenvalue weighted by Crippen LogP contribution is 2.13. The highest BCUT2D eigenvalue weighted by molar-refractivity contribution is 7.86. The average Bonchev–Trinajstić information content (AvgIpc) is 2.36. The maximum absolute atomic E-state index is 11.5. The van der Waals surface area contributed by atoms with Gasteiger partial charge in [-0.3, -0.25) is 8.98 Å². The first-order valence-corrected chi connectivity index (χ1v) is 6.90. The third-order valence-corrected chi connectivity index (χ3v) is 3.50. The number of amides is 1. The van der Waals surface area contributed by atoms with Crippen LogP contribution in [0.1, 0.15) is 17.3 Å². The first-order valence-electron chi connectivity index (χ1n) is 5.49. The lowest BCUT2D eigenvalue weighted by molar-refractivity contribution is 0.0954. The molecule has 0 radical (unpaired) electrons. The molecule has 0 unspecified atom stereocenters. The molecule has 1 aromatic rings. The van der Waals surface area contributed by atoms with Gasteiger partial charge in [-0.05, 0) is 31.2 Å². The quantitative estimate of drug-likeness (QED) is 0.716. The maximum atomic E-state index is 11.5. The van der Waals surface area contributed by atoms with Crippen molar-refractivity contribution in [2.24, 2.45) is 5.73 Å². The number of rotatable bonds is 6. The summed E-state index contributed by atoms with van der Waals surface area (Å²) in [7, 11) is -3.72. The largest absolute Gasteiger partial charge is 0.351 e. The van der Waals surface area contributed by atoms with Gasteiger partial charge in [0.2, 0.25) is 0 Å². The predicted octanol–water partition coefficient (Wildman–Crippen LogP) is 0.100. The first-order chi connectivity index (χ1) is 8.51. The molecule has 0 heterocycles. The van der Waals surface area contributed by atoms with E-state index in [9.17, 15) is 13.2 Å². The van der Waals surface area contributed by atoms with E-state index in [1.54, 1.807) is 6.92 Å². The van der Waals surface area contributed by atoms with E-state index in [1.807, 2.05) is 0 Å². The molecule has 3 N–H and O–H groups in total. The second-order valence-corrected chi connectivity index (χ2v) is 5.04. The number of carbonyl (C=O) groups is 1. The summed E-state index contributed by atoms with van der Waals surface area (Å²) < 4.78 is 27.7. The molecule has 100 valence electrons. The lowest BCUT2D eigenvalue weighted by atomic mass is 10.2. The molecule has 0 bridgehead atoms.